The van der Waals surface area contributed by atoms with E-state index in [1.807, 2.05) is 23.1 Å². The number of aromatic nitrogens is 3. The summed E-state index contributed by atoms with van der Waals surface area (Å²) in [5.41, 5.74) is 0. The predicted molar refractivity (Wildman–Crippen MR) is 76.7 cm³/mol. The van der Waals surface area contributed by atoms with Crippen molar-refractivity contribution in [1.29, 1.82) is 0 Å². The SMILES string of the molecule is O=C(Cn1cccn1)N1CCC(Oc2cccnc2)CC1. The van der Waals surface area contributed by atoms with Crippen molar-refractivity contribution >= 4 is 5.91 Å². The first-order valence-electron chi connectivity index (χ1n) is 7.13. The van der Waals surface area contributed by atoms with Crippen LogP contribution in [0.3, 0.4) is 0 Å². The first kappa shape index (κ1) is 13.6. The van der Waals surface area contributed by atoms with E-state index in [-0.39, 0.29) is 12.0 Å². The molecule has 2 aromatic rings. The van der Waals surface area contributed by atoms with Crippen LogP contribution in [0.2, 0.25) is 0 Å². The number of nitrogens with zero attached hydrogens (tertiary/aromatic N) is 4. The minimum Gasteiger partial charge on any atom is -0.489 e. The molecule has 0 saturated carbocycles. The van der Waals surface area contributed by atoms with Crippen LogP contribution in [0, 0.1) is 0 Å². The van der Waals surface area contributed by atoms with Crippen LogP contribution in [0.1, 0.15) is 12.8 Å². The first-order valence-corrected chi connectivity index (χ1v) is 7.13. The summed E-state index contributed by atoms with van der Waals surface area (Å²) < 4.78 is 7.52. The highest BCUT2D eigenvalue weighted by Crippen LogP contribution is 2.18. The van der Waals surface area contributed by atoms with Crippen LogP contribution in [0.5, 0.6) is 5.75 Å². The van der Waals surface area contributed by atoms with E-state index < -0.39 is 0 Å². The average molecular weight is 286 g/mol. The van der Waals surface area contributed by atoms with Crippen molar-refractivity contribution in [2.75, 3.05) is 13.1 Å². The molecule has 110 valence electrons. The van der Waals surface area contributed by atoms with Gasteiger partial charge in [-0.2, -0.15) is 5.10 Å². The molecule has 1 amide bonds. The number of rotatable bonds is 4. The van der Waals surface area contributed by atoms with E-state index in [4.69, 9.17) is 4.74 Å². The fraction of sp³-hybridized carbons (Fsp3) is 0.400. The lowest BCUT2D eigenvalue weighted by Gasteiger charge is -2.32. The van der Waals surface area contributed by atoms with Crippen molar-refractivity contribution in [3.8, 4) is 5.75 Å². The Morgan fingerprint density at radius 1 is 1.29 bits per heavy atom. The van der Waals surface area contributed by atoms with Crippen LogP contribution in [-0.2, 0) is 11.3 Å². The highest BCUT2D eigenvalue weighted by Gasteiger charge is 2.24. The number of ether oxygens (including phenoxy) is 1. The van der Waals surface area contributed by atoms with Crippen molar-refractivity contribution in [1.82, 2.24) is 19.7 Å². The Morgan fingerprint density at radius 2 is 2.14 bits per heavy atom. The van der Waals surface area contributed by atoms with E-state index in [1.54, 1.807) is 29.5 Å². The van der Waals surface area contributed by atoms with Crippen LogP contribution < -0.4 is 4.74 Å². The molecule has 0 aliphatic carbocycles. The summed E-state index contributed by atoms with van der Waals surface area (Å²) in [6.45, 7) is 1.76. The molecule has 0 aromatic carbocycles. The van der Waals surface area contributed by atoms with Gasteiger partial charge in [0.2, 0.25) is 5.91 Å². The van der Waals surface area contributed by atoms with Gasteiger partial charge in [0.1, 0.15) is 18.4 Å². The molecule has 0 radical (unpaired) electrons. The molecule has 1 aliphatic heterocycles. The van der Waals surface area contributed by atoms with E-state index in [0.29, 0.717) is 6.54 Å². The Morgan fingerprint density at radius 3 is 2.81 bits per heavy atom. The van der Waals surface area contributed by atoms with Crippen molar-refractivity contribution in [2.24, 2.45) is 0 Å². The van der Waals surface area contributed by atoms with E-state index in [1.165, 1.54) is 0 Å². The van der Waals surface area contributed by atoms with Gasteiger partial charge in [-0.3, -0.25) is 14.5 Å². The monoisotopic (exact) mass is 286 g/mol. The van der Waals surface area contributed by atoms with Crippen molar-refractivity contribution in [3.63, 3.8) is 0 Å². The van der Waals surface area contributed by atoms with E-state index in [2.05, 4.69) is 10.1 Å². The average Bonchev–Trinajstić information content (AvgIpc) is 3.02. The Balaban J connectivity index is 1.47. The van der Waals surface area contributed by atoms with Crippen LogP contribution >= 0.6 is 0 Å². The first-order chi connectivity index (χ1) is 10.3. The minimum absolute atomic E-state index is 0.110. The highest BCUT2D eigenvalue weighted by molar-refractivity contribution is 5.76. The quantitative estimate of drug-likeness (QED) is 0.851. The molecule has 21 heavy (non-hydrogen) atoms. The zero-order chi connectivity index (χ0) is 14.5. The van der Waals surface area contributed by atoms with E-state index >= 15 is 0 Å². The van der Waals surface area contributed by atoms with Gasteiger partial charge >= 0.3 is 0 Å². The Kier molecular flexibility index (Phi) is 4.14. The van der Waals surface area contributed by atoms with E-state index in [9.17, 15) is 4.79 Å². The second-order valence-electron chi connectivity index (χ2n) is 5.09. The molecule has 1 saturated heterocycles. The number of hydrogen-bond donors (Lipinski definition) is 0. The summed E-state index contributed by atoms with van der Waals surface area (Å²) in [6.07, 6.45) is 8.78. The third kappa shape index (κ3) is 3.59. The van der Waals surface area contributed by atoms with Crippen molar-refractivity contribution in [2.45, 2.75) is 25.5 Å². The molecule has 0 bridgehead atoms. The molecule has 0 N–H and O–H groups in total. The number of likely N-dealkylation sites (tertiary alicyclic amines) is 1. The van der Waals surface area contributed by atoms with Gasteiger partial charge in [-0.05, 0) is 18.2 Å². The summed E-state index contributed by atoms with van der Waals surface area (Å²) in [6, 6.07) is 5.58. The Hall–Kier alpha value is -2.37. The summed E-state index contributed by atoms with van der Waals surface area (Å²) in [5, 5.41) is 4.06. The van der Waals surface area contributed by atoms with Crippen molar-refractivity contribution < 1.29 is 9.53 Å². The summed E-state index contributed by atoms with van der Waals surface area (Å²) in [7, 11) is 0. The lowest BCUT2D eigenvalue weighted by molar-refractivity contribution is -0.133. The lowest BCUT2D eigenvalue weighted by Crippen LogP contribution is -2.43. The second kappa shape index (κ2) is 6.39. The molecule has 3 rings (SSSR count). The predicted octanol–water partition coefficient (Wildman–Crippen LogP) is 1.35. The fourth-order valence-electron chi connectivity index (χ4n) is 2.46. The van der Waals surface area contributed by atoms with Gasteiger partial charge in [-0.1, -0.05) is 0 Å². The standard InChI is InChI=1S/C15H18N4O2/c20-15(12-19-8-2-7-17-19)18-9-4-13(5-10-18)21-14-3-1-6-16-11-14/h1-3,6-8,11,13H,4-5,9-10,12H2. The molecular weight excluding hydrogens is 268 g/mol. The molecule has 6 heteroatoms. The number of piperidine rings is 1. The third-order valence-corrected chi connectivity index (χ3v) is 3.59. The molecule has 6 nitrogen and oxygen atoms in total. The van der Waals surface area contributed by atoms with Crippen molar-refractivity contribution in [3.05, 3.63) is 43.0 Å². The highest BCUT2D eigenvalue weighted by atomic mass is 16.5. The maximum absolute atomic E-state index is 12.1. The van der Waals surface area contributed by atoms with Gasteiger partial charge in [-0.15, -0.1) is 0 Å². The summed E-state index contributed by atoms with van der Waals surface area (Å²) in [4.78, 5) is 18.1. The summed E-state index contributed by atoms with van der Waals surface area (Å²) >= 11 is 0. The largest absolute Gasteiger partial charge is 0.489 e. The number of carbonyl (C=O) groups is 1. The molecule has 0 atom stereocenters. The normalized spacial score (nSPS) is 15.9. The Labute approximate surface area is 123 Å². The number of hydrogen-bond acceptors (Lipinski definition) is 4. The maximum Gasteiger partial charge on any atom is 0.244 e. The molecule has 1 fully saturated rings. The molecule has 0 unspecified atom stereocenters. The zero-order valence-electron chi connectivity index (χ0n) is 11.8. The fourth-order valence-corrected chi connectivity index (χ4v) is 2.46. The van der Waals surface area contributed by atoms with Gasteiger partial charge in [0.25, 0.3) is 0 Å². The molecule has 2 aromatic heterocycles. The van der Waals surface area contributed by atoms with Gasteiger partial charge < -0.3 is 9.64 Å². The van der Waals surface area contributed by atoms with Gasteiger partial charge in [0, 0.05) is 44.5 Å². The third-order valence-electron chi connectivity index (χ3n) is 3.59. The second-order valence-corrected chi connectivity index (χ2v) is 5.09. The number of carbonyl (C=O) groups excluding carboxylic acids is 1. The van der Waals surface area contributed by atoms with Crippen LogP contribution in [0.15, 0.2) is 43.0 Å². The molecular formula is C15H18N4O2. The lowest BCUT2D eigenvalue weighted by atomic mass is 10.1. The Bertz CT molecular complexity index is 563. The molecule has 1 aliphatic rings. The van der Waals surface area contributed by atoms with Crippen LogP contribution in [-0.4, -0.2) is 44.8 Å². The van der Waals surface area contributed by atoms with Crippen LogP contribution in [0.4, 0.5) is 0 Å². The number of pyridine rings is 1. The molecule has 3 heterocycles. The number of amides is 1. The van der Waals surface area contributed by atoms with Crippen LogP contribution in [0.25, 0.3) is 0 Å². The topological polar surface area (TPSA) is 60.2 Å². The maximum atomic E-state index is 12.1. The smallest absolute Gasteiger partial charge is 0.244 e. The van der Waals surface area contributed by atoms with Gasteiger partial charge in [-0.25, -0.2) is 0 Å². The zero-order valence-corrected chi connectivity index (χ0v) is 11.8. The van der Waals surface area contributed by atoms with Gasteiger partial charge in [0.05, 0.1) is 6.20 Å². The summed E-state index contributed by atoms with van der Waals surface area (Å²) in [5.74, 6) is 0.900. The molecule has 0 spiro atoms. The minimum atomic E-state index is 0.110. The van der Waals surface area contributed by atoms with Gasteiger partial charge in [0.15, 0.2) is 0 Å². The van der Waals surface area contributed by atoms with E-state index in [0.717, 1.165) is 31.7 Å².